The molecule has 0 aliphatic heterocycles. The van der Waals surface area contributed by atoms with Gasteiger partial charge in [0.25, 0.3) is 0 Å². The zero-order valence-electron chi connectivity index (χ0n) is 19.1. The Morgan fingerprint density at radius 1 is 0.812 bits per heavy atom. The van der Waals surface area contributed by atoms with E-state index in [1.54, 1.807) is 0 Å². The fourth-order valence-electron chi connectivity index (χ4n) is 3.89. The van der Waals surface area contributed by atoms with Gasteiger partial charge in [0.2, 0.25) is 9.70 Å². The molecule has 3 nitrogen and oxygen atoms in total. The molecule has 2 N–H and O–H groups in total. The molecule has 0 radical (unpaired) electrons. The van der Waals surface area contributed by atoms with E-state index in [2.05, 4.69) is 17.6 Å². The second-order valence-corrected chi connectivity index (χ2v) is 10.9. The van der Waals surface area contributed by atoms with Crippen LogP contribution < -0.4 is 10.6 Å². The number of fused-ring (bicyclic) bond motifs is 1. The molecular weight excluding hydrogens is 463 g/mol. The van der Waals surface area contributed by atoms with E-state index in [4.69, 9.17) is 34.8 Å². The summed E-state index contributed by atoms with van der Waals surface area (Å²) in [6, 6.07) is 13.8. The summed E-state index contributed by atoms with van der Waals surface area (Å²) in [5.41, 5.74) is 0.814. The van der Waals surface area contributed by atoms with E-state index in [0.29, 0.717) is 6.42 Å². The number of rotatable bonds is 15. The molecule has 0 aliphatic carbocycles. The topological polar surface area (TPSA) is 41.1 Å². The van der Waals surface area contributed by atoms with Crippen molar-refractivity contribution in [1.29, 1.82) is 0 Å². The summed E-state index contributed by atoms with van der Waals surface area (Å²) >= 11 is 18.5. The Labute approximate surface area is 208 Å². The van der Waals surface area contributed by atoms with Gasteiger partial charge in [-0.3, -0.25) is 4.79 Å². The van der Waals surface area contributed by atoms with Crippen LogP contribution in [-0.4, -0.2) is 15.9 Å². The molecule has 6 heteroatoms. The highest BCUT2D eigenvalue weighted by Crippen LogP contribution is 2.33. The highest BCUT2D eigenvalue weighted by molar-refractivity contribution is 6.68. The van der Waals surface area contributed by atoms with Crippen molar-refractivity contribution in [3.63, 3.8) is 0 Å². The average Bonchev–Trinajstić information content (AvgIpc) is 2.76. The maximum Gasteiger partial charge on any atom is 0.228 e. The standard InChI is InChI=1S/C26H37Cl3N2O/c1-2-3-4-5-6-7-8-9-10-11-12-20-24(32)31-25(26(27,28)29)30-23-19-15-17-21-16-13-14-18-22(21)23/h13-19,25,30H,2-12,20H2,1H3,(H,31,32)/t25-/m0/s1. The van der Waals surface area contributed by atoms with Crippen LogP contribution in [0.2, 0.25) is 0 Å². The number of hydrogen-bond donors (Lipinski definition) is 2. The first-order valence-electron chi connectivity index (χ1n) is 12.0. The monoisotopic (exact) mass is 498 g/mol. The number of anilines is 1. The smallest absolute Gasteiger partial charge is 0.228 e. The molecule has 32 heavy (non-hydrogen) atoms. The van der Waals surface area contributed by atoms with E-state index in [9.17, 15) is 4.79 Å². The maximum absolute atomic E-state index is 12.5. The molecule has 0 aliphatic rings. The molecular formula is C26H37Cl3N2O. The van der Waals surface area contributed by atoms with Crippen LogP contribution in [0.1, 0.15) is 84.0 Å². The van der Waals surface area contributed by atoms with Crippen molar-refractivity contribution in [2.75, 3.05) is 5.32 Å². The van der Waals surface area contributed by atoms with Gasteiger partial charge >= 0.3 is 0 Å². The van der Waals surface area contributed by atoms with Crippen LogP contribution in [0.5, 0.6) is 0 Å². The lowest BCUT2D eigenvalue weighted by Gasteiger charge is -2.28. The van der Waals surface area contributed by atoms with Gasteiger partial charge in [-0.05, 0) is 17.9 Å². The van der Waals surface area contributed by atoms with Gasteiger partial charge in [0.1, 0.15) is 6.17 Å². The fourth-order valence-corrected chi connectivity index (χ4v) is 4.22. The Morgan fingerprint density at radius 2 is 1.38 bits per heavy atom. The minimum absolute atomic E-state index is 0.106. The van der Waals surface area contributed by atoms with Crippen molar-refractivity contribution in [3.05, 3.63) is 42.5 Å². The number of benzene rings is 2. The Bertz CT molecular complexity index is 802. The van der Waals surface area contributed by atoms with Gasteiger partial charge in [-0.2, -0.15) is 0 Å². The van der Waals surface area contributed by atoms with Gasteiger partial charge in [0, 0.05) is 17.5 Å². The Hall–Kier alpha value is -1.16. The third-order valence-corrected chi connectivity index (χ3v) is 6.38. The predicted molar refractivity (Wildman–Crippen MR) is 141 cm³/mol. The Morgan fingerprint density at radius 3 is 2.00 bits per heavy atom. The number of nitrogens with one attached hydrogen (secondary N) is 2. The van der Waals surface area contributed by atoms with Crippen molar-refractivity contribution in [1.82, 2.24) is 5.32 Å². The van der Waals surface area contributed by atoms with Crippen LogP contribution >= 0.6 is 34.8 Å². The van der Waals surface area contributed by atoms with Gasteiger partial charge in [-0.1, -0.05) is 142 Å². The van der Waals surface area contributed by atoms with Crippen LogP contribution in [0.3, 0.4) is 0 Å². The number of unbranched alkanes of at least 4 members (excludes halogenated alkanes) is 10. The molecule has 2 aromatic rings. The summed E-state index contributed by atoms with van der Waals surface area (Å²) in [6.07, 6.45) is 13.3. The molecule has 0 saturated carbocycles. The summed E-state index contributed by atoms with van der Waals surface area (Å²) in [6.45, 7) is 2.25. The first-order chi connectivity index (χ1) is 15.4. The van der Waals surface area contributed by atoms with Gasteiger partial charge < -0.3 is 10.6 Å². The van der Waals surface area contributed by atoms with Gasteiger partial charge in [-0.15, -0.1) is 0 Å². The van der Waals surface area contributed by atoms with Crippen molar-refractivity contribution in [3.8, 4) is 0 Å². The molecule has 0 aromatic heterocycles. The van der Waals surface area contributed by atoms with Crippen molar-refractivity contribution in [2.24, 2.45) is 0 Å². The maximum atomic E-state index is 12.5. The highest BCUT2D eigenvalue weighted by Gasteiger charge is 2.34. The first-order valence-corrected chi connectivity index (χ1v) is 13.2. The van der Waals surface area contributed by atoms with E-state index < -0.39 is 9.96 Å². The summed E-state index contributed by atoms with van der Waals surface area (Å²) in [4.78, 5) is 12.5. The van der Waals surface area contributed by atoms with E-state index in [1.165, 1.54) is 57.8 Å². The minimum atomic E-state index is -1.68. The molecule has 2 rings (SSSR count). The van der Waals surface area contributed by atoms with Gasteiger partial charge in [0.15, 0.2) is 0 Å². The molecule has 2 aromatic carbocycles. The predicted octanol–water partition coefficient (Wildman–Crippen LogP) is 8.77. The molecule has 1 amide bonds. The largest absolute Gasteiger partial charge is 0.361 e. The molecule has 178 valence electrons. The fraction of sp³-hybridized carbons (Fsp3) is 0.577. The van der Waals surface area contributed by atoms with Crippen LogP contribution in [-0.2, 0) is 4.79 Å². The number of halogens is 3. The molecule has 0 unspecified atom stereocenters. The SMILES string of the molecule is CCCCCCCCCCCCCC(=O)N[C@H](Nc1cccc2ccccc12)C(Cl)(Cl)Cl. The van der Waals surface area contributed by atoms with Gasteiger partial charge in [-0.25, -0.2) is 0 Å². The van der Waals surface area contributed by atoms with Crippen molar-refractivity contribution >= 4 is 57.2 Å². The van der Waals surface area contributed by atoms with Crippen LogP contribution in [0.25, 0.3) is 10.8 Å². The third-order valence-electron chi connectivity index (χ3n) is 5.73. The molecule has 0 heterocycles. The lowest BCUT2D eigenvalue weighted by atomic mass is 10.1. The van der Waals surface area contributed by atoms with E-state index >= 15 is 0 Å². The number of amides is 1. The normalized spacial score (nSPS) is 12.6. The quantitative estimate of drug-likeness (QED) is 0.146. The van der Waals surface area contributed by atoms with E-state index in [0.717, 1.165) is 29.3 Å². The first kappa shape index (κ1) is 27.1. The lowest BCUT2D eigenvalue weighted by molar-refractivity contribution is -0.121. The van der Waals surface area contributed by atoms with E-state index in [1.807, 2.05) is 42.5 Å². The van der Waals surface area contributed by atoms with Crippen LogP contribution in [0, 0.1) is 0 Å². The lowest BCUT2D eigenvalue weighted by Crippen LogP contribution is -2.49. The van der Waals surface area contributed by atoms with Crippen molar-refractivity contribution < 1.29 is 4.79 Å². The highest BCUT2D eigenvalue weighted by atomic mass is 35.6. The van der Waals surface area contributed by atoms with Crippen LogP contribution in [0.4, 0.5) is 5.69 Å². The molecule has 0 fully saturated rings. The van der Waals surface area contributed by atoms with Crippen LogP contribution in [0.15, 0.2) is 42.5 Å². The molecule has 1 atom stereocenters. The minimum Gasteiger partial charge on any atom is -0.361 e. The third kappa shape index (κ3) is 10.2. The second-order valence-electron chi connectivity index (χ2n) is 8.50. The number of carbonyl (C=O) groups is 1. The summed E-state index contributed by atoms with van der Waals surface area (Å²) in [5, 5.41) is 8.15. The summed E-state index contributed by atoms with van der Waals surface area (Å²) < 4.78 is -1.68. The Balaban J connectivity index is 1.71. The Kier molecular flexibility index (Phi) is 12.6. The zero-order valence-corrected chi connectivity index (χ0v) is 21.4. The summed E-state index contributed by atoms with van der Waals surface area (Å²) in [5.74, 6) is -0.106. The molecule has 0 saturated heterocycles. The molecule has 0 bridgehead atoms. The number of carbonyl (C=O) groups excluding carboxylic acids is 1. The second kappa shape index (κ2) is 14.9. The van der Waals surface area contributed by atoms with E-state index in [-0.39, 0.29) is 5.91 Å². The van der Waals surface area contributed by atoms with Crippen molar-refractivity contribution in [2.45, 2.75) is 93.9 Å². The summed E-state index contributed by atoms with van der Waals surface area (Å²) in [7, 11) is 0. The average molecular weight is 500 g/mol. The van der Waals surface area contributed by atoms with Gasteiger partial charge in [0.05, 0.1) is 0 Å². The number of hydrogen-bond acceptors (Lipinski definition) is 2. The zero-order chi connectivity index (χ0) is 23.2. The number of alkyl halides is 3. The molecule has 0 spiro atoms.